The number of nitro groups is 1. The molecule has 0 fully saturated rings. The number of hydrazone groups is 1. The Balaban J connectivity index is 1.65. The van der Waals surface area contributed by atoms with Crippen molar-refractivity contribution in [1.29, 1.82) is 0 Å². The standard InChI is InChI=1S/C22H18BrN3O5/c1-30-21-12-16(8-11-20(21)31-14-15-6-9-17(23)10-7-15)13-24-25-22(27)18-4-2-3-5-19(18)26(28)29/h2-13H,14H2,1H3,(H,25,27)/b24-13-. The molecule has 0 aliphatic rings. The molecule has 0 heterocycles. The number of para-hydroxylation sites is 1. The molecule has 1 amide bonds. The predicted molar refractivity (Wildman–Crippen MR) is 120 cm³/mol. The van der Waals surface area contributed by atoms with E-state index in [9.17, 15) is 14.9 Å². The van der Waals surface area contributed by atoms with Gasteiger partial charge in [0.05, 0.1) is 18.2 Å². The molecule has 3 rings (SSSR count). The number of ether oxygens (including phenoxy) is 2. The van der Waals surface area contributed by atoms with Crippen LogP contribution in [0.5, 0.6) is 11.5 Å². The van der Waals surface area contributed by atoms with Crippen LogP contribution in [0.15, 0.2) is 76.3 Å². The van der Waals surface area contributed by atoms with E-state index >= 15 is 0 Å². The van der Waals surface area contributed by atoms with E-state index in [4.69, 9.17) is 9.47 Å². The number of benzene rings is 3. The van der Waals surface area contributed by atoms with Crippen LogP contribution in [-0.2, 0) is 6.61 Å². The smallest absolute Gasteiger partial charge is 0.282 e. The average molecular weight is 484 g/mol. The summed E-state index contributed by atoms with van der Waals surface area (Å²) in [5.41, 5.74) is 3.59. The van der Waals surface area contributed by atoms with Gasteiger partial charge in [-0.2, -0.15) is 5.10 Å². The number of hydrogen-bond acceptors (Lipinski definition) is 6. The monoisotopic (exact) mass is 483 g/mol. The number of halogens is 1. The lowest BCUT2D eigenvalue weighted by Gasteiger charge is -2.11. The molecule has 3 aromatic carbocycles. The minimum atomic E-state index is -0.676. The number of carbonyl (C=O) groups is 1. The molecular weight excluding hydrogens is 466 g/mol. The summed E-state index contributed by atoms with van der Waals surface area (Å²) in [6.45, 7) is 0.378. The zero-order valence-corrected chi connectivity index (χ0v) is 18.0. The number of amides is 1. The lowest BCUT2D eigenvalue weighted by Crippen LogP contribution is -2.18. The molecule has 158 valence electrons. The molecule has 3 aromatic rings. The van der Waals surface area contributed by atoms with Gasteiger partial charge in [0.25, 0.3) is 11.6 Å². The van der Waals surface area contributed by atoms with Crippen LogP contribution >= 0.6 is 15.9 Å². The highest BCUT2D eigenvalue weighted by Gasteiger charge is 2.18. The third-order valence-corrected chi connectivity index (χ3v) is 4.75. The summed E-state index contributed by atoms with van der Waals surface area (Å²) < 4.78 is 12.2. The van der Waals surface area contributed by atoms with Crippen molar-refractivity contribution in [2.45, 2.75) is 6.61 Å². The first kappa shape index (κ1) is 22.0. The fourth-order valence-corrected chi connectivity index (χ4v) is 2.94. The Morgan fingerprint density at radius 1 is 1.13 bits per heavy atom. The molecule has 0 aliphatic carbocycles. The van der Waals surface area contributed by atoms with E-state index in [1.165, 1.54) is 31.5 Å². The number of nitrogens with zero attached hydrogens (tertiary/aromatic N) is 2. The van der Waals surface area contributed by atoms with E-state index in [0.717, 1.165) is 10.0 Å². The number of methoxy groups -OCH3 is 1. The largest absolute Gasteiger partial charge is 0.493 e. The Bertz CT molecular complexity index is 1120. The van der Waals surface area contributed by atoms with Crippen LogP contribution in [0, 0.1) is 10.1 Å². The molecule has 0 radical (unpaired) electrons. The Kier molecular flexibility index (Phi) is 7.34. The maximum absolute atomic E-state index is 12.2. The van der Waals surface area contributed by atoms with E-state index in [1.54, 1.807) is 24.3 Å². The second-order valence-electron chi connectivity index (χ2n) is 6.30. The first-order valence-corrected chi connectivity index (χ1v) is 9.89. The minimum absolute atomic E-state index is 0.0704. The van der Waals surface area contributed by atoms with Gasteiger partial charge in [-0.05, 0) is 47.5 Å². The first-order valence-electron chi connectivity index (χ1n) is 9.10. The van der Waals surface area contributed by atoms with E-state index in [2.05, 4.69) is 26.5 Å². The summed E-state index contributed by atoms with van der Waals surface area (Å²) in [7, 11) is 1.53. The maximum atomic E-state index is 12.2. The summed E-state index contributed by atoms with van der Waals surface area (Å²) in [5, 5.41) is 14.9. The van der Waals surface area contributed by atoms with Crippen molar-refractivity contribution >= 4 is 33.7 Å². The molecule has 9 heteroatoms. The fourth-order valence-electron chi connectivity index (χ4n) is 2.68. The van der Waals surface area contributed by atoms with Crippen LogP contribution in [0.25, 0.3) is 0 Å². The lowest BCUT2D eigenvalue weighted by molar-refractivity contribution is -0.385. The van der Waals surface area contributed by atoms with Gasteiger partial charge in [0.15, 0.2) is 11.5 Å². The van der Waals surface area contributed by atoms with E-state index in [-0.39, 0.29) is 11.3 Å². The van der Waals surface area contributed by atoms with Crippen molar-refractivity contribution in [3.8, 4) is 11.5 Å². The highest BCUT2D eigenvalue weighted by atomic mass is 79.9. The summed E-state index contributed by atoms with van der Waals surface area (Å²) >= 11 is 3.40. The highest BCUT2D eigenvalue weighted by Crippen LogP contribution is 2.28. The van der Waals surface area contributed by atoms with E-state index in [1.807, 2.05) is 24.3 Å². The zero-order chi connectivity index (χ0) is 22.2. The van der Waals surface area contributed by atoms with Crippen molar-refractivity contribution < 1.29 is 19.2 Å². The van der Waals surface area contributed by atoms with Gasteiger partial charge in [-0.25, -0.2) is 5.43 Å². The Morgan fingerprint density at radius 3 is 2.58 bits per heavy atom. The van der Waals surface area contributed by atoms with Crippen molar-refractivity contribution in [2.24, 2.45) is 5.10 Å². The van der Waals surface area contributed by atoms with Crippen LogP contribution in [-0.4, -0.2) is 24.2 Å². The van der Waals surface area contributed by atoms with Crippen LogP contribution in [0.2, 0.25) is 0 Å². The second-order valence-corrected chi connectivity index (χ2v) is 7.21. The average Bonchev–Trinajstić information content (AvgIpc) is 2.79. The van der Waals surface area contributed by atoms with Gasteiger partial charge in [0.2, 0.25) is 0 Å². The lowest BCUT2D eigenvalue weighted by atomic mass is 10.2. The third kappa shape index (κ3) is 5.89. The number of nitrogens with one attached hydrogen (secondary N) is 1. The molecular formula is C22H18BrN3O5. The molecule has 0 aliphatic heterocycles. The number of hydrogen-bond donors (Lipinski definition) is 1. The van der Waals surface area contributed by atoms with Gasteiger partial charge >= 0.3 is 0 Å². The Hall–Kier alpha value is -3.72. The zero-order valence-electron chi connectivity index (χ0n) is 16.4. The van der Waals surface area contributed by atoms with Gasteiger partial charge < -0.3 is 9.47 Å². The third-order valence-electron chi connectivity index (χ3n) is 4.22. The van der Waals surface area contributed by atoms with Gasteiger partial charge in [-0.15, -0.1) is 0 Å². The van der Waals surface area contributed by atoms with Gasteiger partial charge in [0.1, 0.15) is 12.2 Å². The molecule has 1 N–H and O–H groups in total. The van der Waals surface area contributed by atoms with Crippen LogP contribution in [0.4, 0.5) is 5.69 Å². The summed E-state index contributed by atoms with van der Waals surface area (Å²) in [4.78, 5) is 22.6. The van der Waals surface area contributed by atoms with Crippen molar-refractivity contribution in [2.75, 3.05) is 7.11 Å². The molecule has 8 nitrogen and oxygen atoms in total. The molecule has 0 atom stereocenters. The van der Waals surface area contributed by atoms with Crippen molar-refractivity contribution in [1.82, 2.24) is 5.43 Å². The van der Waals surface area contributed by atoms with Crippen LogP contribution in [0.3, 0.4) is 0 Å². The summed E-state index contributed by atoms with van der Waals surface area (Å²) in [6.07, 6.45) is 1.41. The van der Waals surface area contributed by atoms with Crippen molar-refractivity contribution in [3.05, 3.63) is 98.0 Å². The second kappa shape index (κ2) is 10.4. The maximum Gasteiger partial charge on any atom is 0.282 e. The van der Waals surface area contributed by atoms with E-state index < -0.39 is 10.8 Å². The SMILES string of the molecule is COc1cc(/C=N\NC(=O)c2ccccc2[N+](=O)[O-])ccc1OCc1ccc(Br)cc1. The van der Waals surface area contributed by atoms with Gasteiger partial charge in [-0.3, -0.25) is 14.9 Å². The number of nitro benzene ring substituents is 1. The molecule has 0 spiro atoms. The predicted octanol–water partition coefficient (Wildman–Crippen LogP) is 4.71. The minimum Gasteiger partial charge on any atom is -0.493 e. The first-order chi connectivity index (χ1) is 15.0. The van der Waals surface area contributed by atoms with Gasteiger partial charge in [0, 0.05) is 10.5 Å². The molecule has 0 aromatic heterocycles. The summed E-state index contributed by atoms with van der Waals surface area (Å²) in [6, 6.07) is 18.6. The Labute approximate surface area is 186 Å². The van der Waals surface area contributed by atoms with Crippen LogP contribution < -0.4 is 14.9 Å². The highest BCUT2D eigenvalue weighted by molar-refractivity contribution is 9.10. The topological polar surface area (TPSA) is 103 Å². The fraction of sp³-hybridized carbons (Fsp3) is 0.0909. The van der Waals surface area contributed by atoms with E-state index in [0.29, 0.717) is 23.7 Å². The van der Waals surface area contributed by atoms with Crippen molar-refractivity contribution in [3.63, 3.8) is 0 Å². The quantitative estimate of drug-likeness (QED) is 0.284. The molecule has 31 heavy (non-hydrogen) atoms. The van der Waals surface area contributed by atoms with Crippen LogP contribution in [0.1, 0.15) is 21.5 Å². The molecule has 0 bridgehead atoms. The number of carbonyl (C=O) groups excluding carboxylic acids is 1. The van der Waals surface area contributed by atoms with Gasteiger partial charge in [-0.1, -0.05) is 40.2 Å². The molecule has 0 unspecified atom stereocenters. The molecule has 0 saturated heterocycles. The summed E-state index contributed by atoms with van der Waals surface area (Å²) in [5.74, 6) is 0.391. The normalized spacial score (nSPS) is 10.6. The molecule has 0 saturated carbocycles. The Morgan fingerprint density at radius 2 is 1.87 bits per heavy atom. The number of rotatable bonds is 8.